The van der Waals surface area contributed by atoms with Gasteiger partial charge in [-0.2, -0.15) is 0 Å². The van der Waals surface area contributed by atoms with Crippen molar-refractivity contribution in [3.8, 4) is 0 Å². The highest BCUT2D eigenvalue weighted by Crippen LogP contribution is 2.23. The molecule has 0 radical (unpaired) electrons. The zero-order valence-corrected chi connectivity index (χ0v) is 12.9. The van der Waals surface area contributed by atoms with Gasteiger partial charge in [-0.25, -0.2) is 4.39 Å². The van der Waals surface area contributed by atoms with E-state index >= 15 is 0 Å². The topological polar surface area (TPSA) is 49.4 Å². The summed E-state index contributed by atoms with van der Waals surface area (Å²) in [7, 11) is 0. The lowest BCUT2D eigenvalue weighted by Crippen LogP contribution is -2.37. The number of halogens is 2. The molecule has 1 aliphatic rings. The average molecular weight is 333 g/mol. The van der Waals surface area contributed by atoms with E-state index in [9.17, 15) is 14.0 Å². The van der Waals surface area contributed by atoms with Crippen LogP contribution in [0, 0.1) is 5.82 Å². The number of hydrogen-bond acceptors (Lipinski definition) is 2. The second-order valence-electron chi connectivity index (χ2n) is 5.34. The van der Waals surface area contributed by atoms with Gasteiger partial charge in [-0.15, -0.1) is 0 Å². The molecule has 2 aromatic carbocycles. The third kappa shape index (κ3) is 3.35. The molecule has 2 amide bonds. The van der Waals surface area contributed by atoms with Crippen molar-refractivity contribution in [1.82, 2.24) is 5.32 Å². The van der Waals surface area contributed by atoms with Crippen LogP contribution in [0.4, 0.5) is 10.1 Å². The number of nitrogens with zero attached hydrogens (tertiary/aromatic N) is 1. The predicted molar refractivity (Wildman–Crippen MR) is 86.1 cm³/mol. The van der Waals surface area contributed by atoms with Gasteiger partial charge in [-0.1, -0.05) is 29.8 Å². The minimum atomic E-state index is -0.404. The van der Waals surface area contributed by atoms with Crippen molar-refractivity contribution in [2.75, 3.05) is 11.4 Å². The van der Waals surface area contributed by atoms with Crippen LogP contribution >= 0.6 is 11.6 Å². The number of anilines is 1. The maximum absolute atomic E-state index is 13.3. The molecule has 23 heavy (non-hydrogen) atoms. The summed E-state index contributed by atoms with van der Waals surface area (Å²) < 4.78 is 13.3. The van der Waals surface area contributed by atoms with Gasteiger partial charge in [0, 0.05) is 18.7 Å². The molecule has 1 saturated heterocycles. The molecule has 4 nitrogen and oxygen atoms in total. The number of carbonyl (C=O) groups is 2. The SMILES string of the molecule is O=C(N[C@H]1CC(=O)N(c2cccc(F)c2)C1)c1ccccc1Cl. The van der Waals surface area contributed by atoms with Gasteiger partial charge in [0.1, 0.15) is 5.82 Å². The summed E-state index contributed by atoms with van der Waals surface area (Å²) in [5, 5.41) is 3.16. The number of amides is 2. The Morgan fingerprint density at radius 2 is 2.00 bits per heavy atom. The zero-order chi connectivity index (χ0) is 16.4. The summed E-state index contributed by atoms with van der Waals surface area (Å²) in [6.07, 6.45) is 0.173. The molecule has 0 aromatic heterocycles. The molecule has 1 atom stereocenters. The molecule has 0 spiro atoms. The van der Waals surface area contributed by atoms with Crippen LogP contribution in [-0.2, 0) is 4.79 Å². The van der Waals surface area contributed by atoms with E-state index < -0.39 is 5.82 Å². The number of rotatable bonds is 3. The minimum absolute atomic E-state index is 0.153. The van der Waals surface area contributed by atoms with Gasteiger partial charge in [0.2, 0.25) is 5.91 Å². The molecular formula is C17H14ClFN2O2. The molecule has 0 bridgehead atoms. The zero-order valence-electron chi connectivity index (χ0n) is 12.1. The van der Waals surface area contributed by atoms with Gasteiger partial charge in [-0.3, -0.25) is 9.59 Å². The summed E-state index contributed by atoms with van der Waals surface area (Å²) in [6.45, 7) is 0.304. The normalized spacial score (nSPS) is 17.4. The van der Waals surface area contributed by atoms with E-state index in [-0.39, 0.29) is 24.3 Å². The first-order chi connectivity index (χ1) is 11.0. The molecule has 1 heterocycles. The molecule has 2 aromatic rings. The number of hydrogen-bond donors (Lipinski definition) is 1. The Morgan fingerprint density at radius 3 is 2.74 bits per heavy atom. The Hall–Kier alpha value is -2.40. The highest BCUT2D eigenvalue weighted by Gasteiger charge is 2.32. The monoisotopic (exact) mass is 332 g/mol. The lowest BCUT2D eigenvalue weighted by molar-refractivity contribution is -0.117. The smallest absolute Gasteiger partial charge is 0.253 e. The first-order valence-electron chi connectivity index (χ1n) is 7.16. The van der Waals surface area contributed by atoms with Gasteiger partial charge in [-0.05, 0) is 30.3 Å². The highest BCUT2D eigenvalue weighted by molar-refractivity contribution is 6.33. The molecule has 1 N–H and O–H groups in total. The lowest BCUT2D eigenvalue weighted by atomic mass is 10.2. The third-order valence-corrected chi connectivity index (χ3v) is 4.03. The van der Waals surface area contributed by atoms with Crippen LogP contribution in [0.3, 0.4) is 0 Å². The van der Waals surface area contributed by atoms with E-state index in [0.717, 1.165) is 0 Å². The van der Waals surface area contributed by atoms with Gasteiger partial charge in [0.05, 0.1) is 16.6 Å². The summed E-state index contributed by atoms with van der Waals surface area (Å²) >= 11 is 6.00. The molecular weight excluding hydrogens is 319 g/mol. The molecule has 0 aliphatic carbocycles. The highest BCUT2D eigenvalue weighted by atomic mass is 35.5. The summed E-state index contributed by atoms with van der Waals surface area (Å²) in [4.78, 5) is 25.8. The second-order valence-corrected chi connectivity index (χ2v) is 5.75. The molecule has 118 valence electrons. The first kappa shape index (κ1) is 15.5. The fourth-order valence-corrected chi connectivity index (χ4v) is 2.83. The lowest BCUT2D eigenvalue weighted by Gasteiger charge is -2.17. The molecule has 6 heteroatoms. The van der Waals surface area contributed by atoms with Crippen molar-refractivity contribution in [3.63, 3.8) is 0 Å². The Kier molecular flexibility index (Phi) is 4.30. The van der Waals surface area contributed by atoms with Gasteiger partial charge >= 0.3 is 0 Å². The summed E-state index contributed by atoms with van der Waals surface area (Å²) in [5.41, 5.74) is 0.857. The van der Waals surface area contributed by atoms with Crippen LogP contribution in [0.15, 0.2) is 48.5 Å². The number of carbonyl (C=O) groups excluding carboxylic acids is 2. The Morgan fingerprint density at radius 1 is 1.22 bits per heavy atom. The second kappa shape index (κ2) is 6.38. The third-order valence-electron chi connectivity index (χ3n) is 3.70. The van der Waals surface area contributed by atoms with Crippen molar-refractivity contribution < 1.29 is 14.0 Å². The van der Waals surface area contributed by atoms with Crippen LogP contribution in [0.2, 0.25) is 5.02 Å². The van der Waals surface area contributed by atoms with E-state index in [1.165, 1.54) is 17.0 Å². The molecule has 3 rings (SSSR count). The van der Waals surface area contributed by atoms with Crippen molar-refractivity contribution in [2.24, 2.45) is 0 Å². The molecule has 0 unspecified atom stereocenters. The van der Waals surface area contributed by atoms with Crippen LogP contribution < -0.4 is 10.2 Å². The van der Waals surface area contributed by atoms with Crippen LogP contribution in [0.5, 0.6) is 0 Å². The Balaban J connectivity index is 1.71. The average Bonchev–Trinajstić information content (AvgIpc) is 2.88. The van der Waals surface area contributed by atoms with Crippen molar-refractivity contribution >= 4 is 29.1 Å². The molecule has 1 fully saturated rings. The quantitative estimate of drug-likeness (QED) is 0.939. The molecule has 1 aliphatic heterocycles. The van der Waals surface area contributed by atoms with Crippen LogP contribution in [0.1, 0.15) is 16.8 Å². The van der Waals surface area contributed by atoms with E-state index in [1.807, 2.05) is 0 Å². The Bertz CT molecular complexity index is 766. The fourth-order valence-electron chi connectivity index (χ4n) is 2.61. The summed E-state index contributed by atoms with van der Waals surface area (Å²) in [5.74, 6) is -0.881. The minimum Gasteiger partial charge on any atom is -0.347 e. The number of benzene rings is 2. The standard InChI is InChI=1S/C17H14ClFN2O2/c18-15-7-2-1-6-14(15)17(23)20-12-9-16(22)21(10-12)13-5-3-4-11(19)8-13/h1-8,12H,9-10H2,(H,20,23)/t12-/m0/s1. The van der Waals surface area contributed by atoms with E-state index in [1.54, 1.807) is 36.4 Å². The van der Waals surface area contributed by atoms with Crippen molar-refractivity contribution in [3.05, 3.63) is 64.9 Å². The first-order valence-corrected chi connectivity index (χ1v) is 7.54. The van der Waals surface area contributed by atoms with Crippen LogP contribution in [0.25, 0.3) is 0 Å². The predicted octanol–water partition coefficient (Wildman–Crippen LogP) is 3.01. The van der Waals surface area contributed by atoms with E-state index in [4.69, 9.17) is 11.6 Å². The van der Waals surface area contributed by atoms with Gasteiger partial charge in [0.25, 0.3) is 5.91 Å². The Labute approximate surface area is 137 Å². The van der Waals surface area contributed by atoms with Crippen LogP contribution in [-0.4, -0.2) is 24.4 Å². The maximum Gasteiger partial charge on any atom is 0.253 e. The van der Waals surface area contributed by atoms with E-state index in [0.29, 0.717) is 22.8 Å². The van der Waals surface area contributed by atoms with E-state index in [2.05, 4.69) is 5.32 Å². The largest absolute Gasteiger partial charge is 0.347 e. The summed E-state index contributed by atoms with van der Waals surface area (Å²) in [6, 6.07) is 12.2. The molecule has 0 saturated carbocycles. The number of nitrogens with one attached hydrogen (secondary N) is 1. The van der Waals surface area contributed by atoms with Crippen molar-refractivity contribution in [2.45, 2.75) is 12.5 Å². The fraction of sp³-hybridized carbons (Fsp3) is 0.176. The maximum atomic E-state index is 13.3. The van der Waals surface area contributed by atoms with Gasteiger partial charge in [0.15, 0.2) is 0 Å². The van der Waals surface area contributed by atoms with Crippen molar-refractivity contribution in [1.29, 1.82) is 0 Å². The van der Waals surface area contributed by atoms with Gasteiger partial charge < -0.3 is 10.2 Å².